The molecule has 7 heteroatoms. The molecule has 2 heterocycles. The van der Waals surface area contributed by atoms with Gasteiger partial charge in [0.15, 0.2) is 0 Å². The molecule has 21 heavy (non-hydrogen) atoms. The summed E-state index contributed by atoms with van der Waals surface area (Å²) in [7, 11) is -3.32. The highest BCUT2D eigenvalue weighted by atomic mass is 32.2. The van der Waals surface area contributed by atoms with E-state index in [1.54, 1.807) is 15.6 Å². The third-order valence-corrected chi connectivity index (χ3v) is 8.12. The minimum atomic E-state index is -3.32. The van der Waals surface area contributed by atoms with Crippen molar-refractivity contribution in [2.45, 2.75) is 43.7 Å². The first kappa shape index (κ1) is 15.8. The molecule has 1 N–H and O–H groups in total. The van der Waals surface area contributed by atoms with E-state index in [2.05, 4.69) is 5.32 Å². The Balaban J connectivity index is 1.76. The van der Waals surface area contributed by atoms with Crippen LogP contribution in [-0.4, -0.2) is 43.4 Å². The van der Waals surface area contributed by atoms with Gasteiger partial charge in [-0.2, -0.15) is 16.1 Å². The van der Waals surface area contributed by atoms with E-state index in [1.807, 2.05) is 24.8 Å². The van der Waals surface area contributed by atoms with Gasteiger partial charge in [-0.05, 0) is 38.0 Å². The van der Waals surface area contributed by atoms with Gasteiger partial charge in [0.2, 0.25) is 10.0 Å². The van der Waals surface area contributed by atoms with Crippen LogP contribution in [0.4, 0.5) is 0 Å². The summed E-state index contributed by atoms with van der Waals surface area (Å²) >= 11 is 3.45. The number of nitrogens with one attached hydrogen (secondary N) is 1. The Morgan fingerprint density at radius 3 is 2.90 bits per heavy atom. The molecule has 1 saturated carbocycles. The topological polar surface area (TPSA) is 49.4 Å². The van der Waals surface area contributed by atoms with Crippen molar-refractivity contribution in [1.82, 2.24) is 9.62 Å². The summed E-state index contributed by atoms with van der Waals surface area (Å²) in [6, 6.07) is 2.53. The summed E-state index contributed by atoms with van der Waals surface area (Å²) < 4.78 is 27.3. The largest absolute Gasteiger partial charge is 0.309 e. The molecule has 1 aromatic heterocycles. The van der Waals surface area contributed by atoms with Gasteiger partial charge in [0.25, 0.3) is 0 Å². The Hall–Kier alpha value is -0.0800. The van der Waals surface area contributed by atoms with Crippen molar-refractivity contribution < 1.29 is 8.42 Å². The summed E-state index contributed by atoms with van der Waals surface area (Å²) in [5, 5.41) is 3.45. The van der Waals surface area contributed by atoms with E-state index < -0.39 is 10.0 Å². The van der Waals surface area contributed by atoms with Crippen molar-refractivity contribution in [2.75, 3.05) is 24.6 Å². The lowest BCUT2D eigenvalue weighted by atomic mass is 10.4. The first-order chi connectivity index (χ1) is 10.1. The van der Waals surface area contributed by atoms with E-state index in [-0.39, 0.29) is 0 Å². The van der Waals surface area contributed by atoms with E-state index in [9.17, 15) is 8.42 Å². The Morgan fingerprint density at radius 1 is 1.33 bits per heavy atom. The van der Waals surface area contributed by atoms with Gasteiger partial charge in [0.1, 0.15) is 0 Å². The molecule has 4 nitrogen and oxygen atoms in total. The summed E-state index contributed by atoms with van der Waals surface area (Å²) in [5.41, 5.74) is 0. The molecule has 0 radical (unpaired) electrons. The zero-order chi connectivity index (χ0) is 14.9. The van der Waals surface area contributed by atoms with Crippen molar-refractivity contribution in [3.63, 3.8) is 0 Å². The minimum Gasteiger partial charge on any atom is -0.309 e. The number of thioether (sulfide) groups is 1. The van der Waals surface area contributed by atoms with Crippen LogP contribution in [0.15, 0.2) is 11.0 Å². The fraction of sp³-hybridized carbons (Fsp3) is 0.714. The van der Waals surface area contributed by atoms with Crippen LogP contribution < -0.4 is 5.32 Å². The SMILES string of the molecule is Cc1sc(CNC2CC2)cc1S(=O)(=O)N1CCCSCC1. The van der Waals surface area contributed by atoms with Crippen molar-refractivity contribution in [2.24, 2.45) is 0 Å². The molecule has 2 fully saturated rings. The van der Waals surface area contributed by atoms with E-state index in [0.717, 1.165) is 34.2 Å². The van der Waals surface area contributed by atoms with Gasteiger partial charge in [0, 0.05) is 41.2 Å². The third-order valence-electron chi connectivity index (χ3n) is 3.86. The highest BCUT2D eigenvalue weighted by Crippen LogP contribution is 2.30. The Kier molecular flexibility index (Phi) is 4.95. The van der Waals surface area contributed by atoms with Gasteiger partial charge in [-0.15, -0.1) is 11.3 Å². The maximum atomic E-state index is 12.8. The molecule has 1 aliphatic heterocycles. The summed E-state index contributed by atoms with van der Waals surface area (Å²) in [5.74, 6) is 1.96. The van der Waals surface area contributed by atoms with Gasteiger partial charge >= 0.3 is 0 Å². The molecule has 1 saturated heterocycles. The van der Waals surface area contributed by atoms with Gasteiger partial charge in [-0.3, -0.25) is 0 Å². The van der Waals surface area contributed by atoms with Gasteiger partial charge in [0.05, 0.1) is 4.90 Å². The third kappa shape index (κ3) is 3.82. The van der Waals surface area contributed by atoms with Crippen molar-refractivity contribution in [1.29, 1.82) is 0 Å². The smallest absolute Gasteiger partial charge is 0.244 e. The van der Waals surface area contributed by atoms with E-state index in [4.69, 9.17) is 0 Å². The number of sulfonamides is 1. The molecule has 3 rings (SSSR count). The predicted molar refractivity (Wildman–Crippen MR) is 89.6 cm³/mol. The van der Waals surface area contributed by atoms with Crippen LogP contribution in [0.3, 0.4) is 0 Å². The Bertz CT molecular complexity index is 585. The molecule has 0 unspecified atom stereocenters. The first-order valence-corrected chi connectivity index (χ1v) is 10.9. The molecule has 0 amide bonds. The molecule has 0 spiro atoms. The van der Waals surface area contributed by atoms with Crippen LogP contribution in [0, 0.1) is 6.92 Å². The lowest BCUT2D eigenvalue weighted by Crippen LogP contribution is -2.33. The standard InChI is InChI=1S/C14H22N2O2S3/c1-11-14(9-13(20-11)10-15-12-3-4-12)21(17,18)16-5-2-7-19-8-6-16/h9,12,15H,2-8,10H2,1H3. The van der Waals surface area contributed by atoms with Crippen molar-refractivity contribution >= 4 is 33.1 Å². The average molecular weight is 347 g/mol. The van der Waals surface area contributed by atoms with Crippen LogP contribution >= 0.6 is 23.1 Å². The average Bonchev–Trinajstić information content (AvgIpc) is 3.23. The van der Waals surface area contributed by atoms with E-state index >= 15 is 0 Å². The van der Waals surface area contributed by atoms with Gasteiger partial charge in [-0.25, -0.2) is 8.42 Å². The molecule has 2 aliphatic rings. The number of hydrogen-bond acceptors (Lipinski definition) is 5. The zero-order valence-electron chi connectivity index (χ0n) is 12.3. The zero-order valence-corrected chi connectivity index (χ0v) is 14.7. The number of aryl methyl sites for hydroxylation is 1. The van der Waals surface area contributed by atoms with Gasteiger partial charge in [-0.1, -0.05) is 0 Å². The highest BCUT2D eigenvalue weighted by molar-refractivity contribution is 7.99. The summed E-state index contributed by atoms with van der Waals surface area (Å²) in [6.45, 7) is 4.00. The Labute approximate surface area is 135 Å². The van der Waals surface area contributed by atoms with Crippen LogP contribution in [0.2, 0.25) is 0 Å². The van der Waals surface area contributed by atoms with Crippen LogP contribution in [0.1, 0.15) is 29.0 Å². The van der Waals surface area contributed by atoms with Crippen molar-refractivity contribution in [3.8, 4) is 0 Å². The molecule has 1 aromatic rings. The van der Waals surface area contributed by atoms with Crippen LogP contribution in [0.25, 0.3) is 0 Å². The highest BCUT2D eigenvalue weighted by Gasteiger charge is 2.28. The lowest BCUT2D eigenvalue weighted by molar-refractivity contribution is 0.435. The molecular formula is C14H22N2O2S3. The fourth-order valence-electron chi connectivity index (χ4n) is 2.50. The normalized spacial score (nSPS) is 21.4. The second-order valence-corrected chi connectivity index (χ2v) is 10.1. The number of nitrogens with zero attached hydrogens (tertiary/aromatic N) is 1. The monoisotopic (exact) mass is 346 g/mol. The lowest BCUT2D eigenvalue weighted by Gasteiger charge is -2.19. The number of thiophene rings is 1. The number of rotatable bonds is 5. The quantitative estimate of drug-likeness (QED) is 0.890. The number of hydrogen-bond donors (Lipinski definition) is 1. The van der Waals surface area contributed by atoms with E-state index in [1.165, 1.54) is 12.8 Å². The molecule has 0 bridgehead atoms. The van der Waals surface area contributed by atoms with Gasteiger partial charge < -0.3 is 5.32 Å². The summed E-state index contributed by atoms with van der Waals surface area (Å²) in [4.78, 5) is 2.56. The van der Waals surface area contributed by atoms with Crippen LogP contribution in [0.5, 0.6) is 0 Å². The molecule has 1 aliphatic carbocycles. The second kappa shape index (κ2) is 6.58. The maximum absolute atomic E-state index is 12.8. The molecule has 0 aromatic carbocycles. The van der Waals surface area contributed by atoms with E-state index in [0.29, 0.717) is 24.0 Å². The van der Waals surface area contributed by atoms with Crippen LogP contribution in [-0.2, 0) is 16.6 Å². The molecule has 118 valence electrons. The fourth-order valence-corrected chi connectivity index (χ4v) is 6.54. The second-order valence-electron chi connectivity index (χ2n) is 5.66. The first-order valence-electron chi connectivity index (χ1n) is 7.48. The maximum Gasteiger partial charge on any atom is 0.244 e. The summed E-state index contributed by atoms with van der Waals surface area (Å²) in [6.07, 6.45) is 3.45. The Morgan fingerprint density at radius 2 is 2.14 bits per heavy atom. The molecular weight excluding hydrogens is 324 g/mol. The minimum absolute atomic E-state index is 0.520. The molecule has 0 atom stereocenters. The predicted octanol–water partition coefficient (Wildman–Crippen LogP) is 2.44. The van der Waals surface area contributed by atoms with Crippen molar-refractivity contribution in [3.05, 3.63) is 15.8 Å².